The highest BCUT2D eigenvalue weighted by Gasteiger charge is 2.16. The first-order chi connectivity index (χ1) is 6.12. The number of rotatable bonds is 7. The molecule has 1 nitrogen and oxygen atoms in total. The molecule has 0 heterocycles. The van der Waals surface area contributed by atoms with Crippen molar-refractivity contribution in [1.29, 1.82) is 0 Å². The average molecular weight is 184 g/mol. The quantitative estimate of drug-likeness (QED) is 0.473. The molecule has 0 spiro atoms. The van der Waals surface area contributed by atoms with E-state index >= 15 is 0 Å². The Morgan fingerprint density at radius 2 is 1.92 bits per heavy atom. The van der Waals surface area contributed by atoms with Crippen LogP contribution < -0.4 is 0 Å². The zero-order valence-corrected chi connectivity index (χ0v) is 9.34. The second-order valence-corrected chi connectivity index (χ2v) is 4.08. The Kier molecular flexibility index (Phi) is 6.97. The molecule has 0 fully saturated rings. The van der Waals surface area contributed by atoms with Gasteiger partial charge in [0.1, 0.15) is 0 Å². The van der Waals surface area contributed by atoms with E-state index in [1.54, 1.807) is 0 Å². The highest BCUT2D eigenvalue weighted by molar-refractivity contribution is 4.86. The highest BCUT2D eigenvalue weighted by Crippen LogP contribution is 2.19. The molecule has 0 rings (SSSR count). The summed E-state index contributed by atoms with van der Waals surface area (Å²) in [5, 5.41) is 9.89. The fourth-order valence-electron chi connectivity index (χ4n) is 1.41. The normalized spacial score (nSPS) is 16.3. The highest BCUT2D eigenvalue weighted by atomic mass is 16.3. The Hall–Kier alpha value is -0.300. The van der Waals surface area contributed by atoms with Gasteiger partial charge in [0.2, 0.25) is 0 Å². The maximum Gasteiger partial charge on any atom is 0.0654 e. The Morgan fingerprint density at radius 3 is 2.46 bits per heavy atom. The largest absolute Gasteiger partial charge is 0.390 e. The SMILES string of the molecule is C/C=C/CC(C)(O)CCCCCC. The summed E-state index contributed by atoms with van der Waals surface area (Å²) in [5.74, 6) is 0. The van der Waals surface area contributed by atoms with E-state index in [1.165, 1.54) is 19.3 Å². The minimum Gasteiger partial charge on any atom is -0.390 e. The van der Waals surface area contributed by atoms with Gasteiger partial charge in [-0.1, -0.05) is 44.8 Å². The number of aliphatic hydroxyl groups is 1. The number of hydrogen-bond donors (Lipinski definition) is 1. The molecule has 1 N–H and O–H groups in total. The molecular weight excluding hydrogens is 160 g/mol. The first kappa shape index (κ1) is 12.7. The van der Waals surface area contributed by atoms with E-state index in [1.807, 2.05) is 26.0 Å². The predicted molar refractivity (Wildman–Crippen MR) is 58.8 cm³/mol. The van der Waals surface area contributed by atoms with Gasteiger partial charge < -0.3 is 5.11 Å². The molecule has 0 aliphatic rings. The molecule has 1 atom stereocenters. The van der Waals surface area contributed by atoms with E-state index < -0.39 is 5.60 Å². The number of hydrogen-bond acceptors (Lipinski definition) is 1. The van der Waals surface area contributed by atoms with Gasteiger partial charge in [-0.25, -0.2) is 0 Å². The van der Waals surface area contributed by atoms with Crippen LogP contribution in [0.1, 0.15) is 59.3 Å². The molecule has 0 radical (unpaired) electrons. The van der Waals surface area contributed by atoms with E-state index in [0.29, 0.717) is 0 Å². The molecule has 0 amide bonds. The van der Waals surface area contributed by atoms with Crippen molar-refractivity contribution in [1.82, 2.24) is 0 Å². The van der Waals surface area contributed by atoms with Gasteiger partial charge in [0.05, 0.1) is 5.60 Å². The van der Waals surface area contributed by atoms with Crippen molar-refractivity contribution in [2.45, 2.75) is 64.9 Å². The zero-order valence-electron chi connectivity index (χ0n) is 9.34. The van der Waals surface area contributed by atoms with Crippen molar-refractivity contribution in [3.05, 3.63) is 12.2 Å². The topological polar surface area (TPSA) is 20.2 Å². The molecule has 13 heavy (non-hydrogen) atoms. The Morgan fingerprint density at radius 1 is 1.23 bits per heavy atom. The molecule has 1 heteroatoms. The summed E-state index contributed by atoms with van der Waals surface area (Å²) in [6, 6.07) is 0. The van der Waals surface area contributed by atoms with Crippen LogP contribution in [0.5, 0.6) is 0 Å². The first-order valence-corrected chi connectivity index (χ1v) is 5.46. The van der Waals surface area contributed by atoms with Crippen LogP contribution in [0.4, 0.5) is 0 Å². The molecule has 78 valence electrons. The Labute approximate surface area is 82.9 Å². The summed E-state index contributed by atoms with van der Waals surface area (Å²) in [6.45, 7) is 6.13. The fourth-order valence-corrected chi connectivity index (χ4v) is 1.41. The zero-order chi connectivity index (χ0) is 10.2. The molecule has 0 aromatic rings. The number of allylic oxidation sites excluding steroid dienone is 1. The maximum absolute atomic E-state index is 9.89. The van der Waals surface area contributed by atoms with Crippen LogP contribution in [-0.4, -0.2) is 10.7 Å². The van der Waals surface area contributed by atoms with Gasteiger partial charge in [-0.2, -0.15) is 0 Å². The predicted octanol–water partition coefficient (Wildman–Crippen LogP) is 3.67. The van der Waals surface area contributed by atoms with Crippen molar-refractivity contribution in [3.8, 4) is 0 Å². The summed E-state index contributed by atoms with van der Waals surface area (Å²) in [5.41, 5.74) is -0.486. The summed E-state index contributed by atoms with van der Waals surface area (Å²) >= 11 is 0. The van der Waals surface area contributed by atoms with Gasteiger partial charge in [-0.3, -0.25) is 0 Å². The van der Waals surface area contributed by atoms with E-state index in [-0.39, 0.29) is 0 Å². The molecule has 1 unspecified atom stereocenters. The molecule has 0 aliphatic carbocycles. The van der Waals surface area contributed by atoms with Crippen molar-refractivity contribution in [2.75, 3.05) is 0 Å². The third kappa shape index (κ3) is 8.04. The van der Waals surface area contributed by atoms with Gasteiger partial charge in [0, 0.05) is 0 Å². The lowest BCUT2D eigenvalue weighted by Gasteiger charge is -2.21. The second-order valence-electron chi connectivity index (χ2n) is 4.08. The second kappa shape index (κ2) is 7.14. The van der Waals surface area contributed by atoms with Crippen LogP contribution in [-0.2, 0) is 0 Å². The van der Waals surface area contributed by atoms with Crippen LogP contribution in [0.2, 0.25) is 0 Å². The molecule has 0 aliphatic heterocycles. The van der Waals surface area contributed by atoms with Crippen molar-refractivity contribution < 1.29 is 5.11 Å². The Balaban J connectivity index is 3.50. The minimum atomic E-state index is -0.486. The molecule has 0 aromatic heterocycles. The Bertz CT molecular complexity index is 136. The first-order valence-electron chi connectivity index (χ1n) is 5.46. The van der Waals surface area contributed by atoms with Crippen LogP contribution in [0, 0.1) is 0 Å². The van der Waals surface area contributed by atoms with Crippen molar-refractivity contribution >= 4 is 0 Å². The lowest BCUT2D eigenvalue weighted by molar-refractivity contribution is 0.0512. The average Bonchev–Trinajstić information content (AvgIpc) is 2.09. The van der Waals surface area contributed by atoms with Gasteiger partial charge in [0.15, 0.2) is 0 Å². The van der Waals surface area contributed by atoms with Crippen LogP contribution in [0.15, 0.2) is 12.2 Å². The monoisotopic (exact) mass is 184 g/mol. The summed E-state index contributed by atoms with van der Waals surface area (Å²) in [4.78, 5) is 0. The smallest absolute Gasteiger partial charge is 0.0654 e. The molecular formula is C12H24O. The maximum atomic E-state index is 9.89. The van der Waals surface area contributed by atoms with Crippen LogP contribution in [0.25, 0.3) is 0 Å². The summed E-state index contributed by atoms with van der Waals surface area (Å²) < 4.78 is 0. The third-order valence-electron chi connectivity index (χ3n) is 2.36. The van der Waals surface area contributed by atoms with Gasteiger partial charge in [-0.15, -0.1) is 0 Å². The summed E-state index contributed by atoms with van der Waals surface area (Å²) in [6.07, 6.45) is 10.7. The minimum absolute atomic E-state index is 0.486. The van der Waals surface area contributed by atoms with E-state index in [4.69, 9.17) is 0 Å². The van der Waals surface area contributed by atoms with Crippen molar-refractivity contribution in [2.24, 2.45) is 0 Å². The summed E-state index contributed by atoms with van der Waals surface area (Å²) in [7, 11) is 0. The third-order valence-corrected chi connectivity index (χ3v) is 2.36. The molecule has 0 aromatic carbocycles. The lowest BCUT2D eigenvalue weighted by Crippen LogP contribution is -2.22. The van der Waals surface area contributed by atoms with Crippen LogP contribution >= 0.6 is 0 Å². The van der Waals surface area contributed by atoms with Gasteiger partial charge >= 0.3 is 0 Å². The number of unbranched alkanes of at least 4 members (excludes halogenated alkanes) is 3. The molecule has 0 saturated heterocycles. The van der Waals surface area contributed by atoms with E-state index in [0.717, 1.165) is 19.3 Å². The van der Waals surface area contributed by atoms with Crippen LogP contribution in [0.3, 0.4) is 0 Å². The van der Waals surface area contributed by atoms with Crippen molar-refractivity contribution in [3.63, 3.8) is 0 Å². The fraction of sp³-hybridized carbons (Fsp3) is 0.833. The van der Waals surface area contributed by atoms with Gasteiger partial charge in [0.25, 0.3) is 0 Å². The standard InChI is InChI=1S/C12H24O/c1-4-6-8-9-11-12(3,13)10-7-5-2/h5,7,13H,4,6,8-11H2,1-3H3/b7-5+. The molecule has 0 bridgehead atoms. The van der Waals surface area contributed by atoms with E-state index in [9.17, 15) is 5.11 Å². The van der Waals surface area contributed by atoms with E-state index in [2.05, 4.69) is 6.92 Å². The van der Waals surface area contributed by atoms with Gasteiger partial charge in [-0.05, 0) is 26.7 Å². The molecule has 0 saturated carbocycles. The lowest BCUT2D eigenvalue weighted by atomic mass is 9.94.